The van der Waals surface area contributed by atoms with Gasteiger partial charge in [0.05, 0.1) is 6.34 Å². The molecule has 6 nitrogen and oxygen atoms in total. The number of fused-ring (bicyclic) bond motifs is 1. The van der Waals surface area contributed by atoms with Gasteiger partial charge in [-0.15, -0.1) is 0 Å². The highest BCUT2D eigenvalue weighted by Crippen LogP contribution is 2.14. The van der Waals surface area contributed by atoms with E-state index < -0.39 is 6.04 Å². The van der Waals surface area contributed by atoms with Crippen molar-refractivity contribution in [2.24, 2.45) is 4.99 Å². The van der Waals surface area contributed by atoms with E-state index in [1.165, 1.54) is 11.2 Å². The molecular formula is C7H10N4O2. The number of nitrogens with zero attached hydrogens (tertiary/aromatic N) is 2. The Balaban J connectivity index is 2.26. The van der Waals surface area contributed by atoms with E-state index in [1.54, 1.807) is 0 Å². The summed E-state index contributed by atoms with van der Waals surface area (Å²) in [7, 11) is 0. The third-order valence-electron chi connectivity index (χ3n) is 2.21. The fourth-order valence-corrected chi connectivity index (χ4v) is 1.55. The SMILES string of the molecule is CCN1C(=O)NC(=O)C2NC=NC21. The van der Waals surface area contributed by atoms with E-state index in [9.17, 15) is 9.59 Å². The zero-order valence-corrected chi connectivity index (χ0v) is 7.15. The molecule has 3 amide bonds. The zero-order valence-electron chi connectivity index (χ0n) is 7.15. The van der Waals surface area contributed by atoms with Crippen molar-refractivity contribution in [1.29, 1.82) is 0 Å². The van der Waals surface area contributed by atoms with Gasteiger partial charge in [-0.3, -0.25) is 15.0 Å². The Hall–Kier alpha value is -1.59. The number of rotatable bonds is 1. The van der Waals surface area contributed by atoms with Crippen molar-refractivity contribution in [3.05, 3.63) is 0 Å². The molecule has 2 heterocycles. The van der Waals surface area contributed by atoms with Crippen LogP contribution in [0.2, 0.25) is 0 Å². The summed E-state index contributed by atoms with van der Waals surface area (Å²) in [5.41, 5.74) is 0. The fraction of sp³-hybridized carbons (Fsp3) is 0.571. The van der Waals surface area contributed by atoms with E-state index in [0.717, 1.165) is 0 Å². The van der Waals surface area contributed by atoms with Crippen molar-refractivity contribution >= 4 is 18.3 Å². The number of carbonyl (C=O) groups is 2. The monoisotopic (exact) mass is 182 g/mol. The van der Waals surface area contributed by atoms with E-state index in [0.29, 0.717) is 6.54 Å². The minimum absolute atomic E-state index is 0.308. The number of urea groups is 1. The molecule has 0 aromatic carbocycles. The molecule has 2 aliphatic rings. The van der Waals surface area contributed by atoms with Crippen molar-refractivity contribution in [2.75, 3.05) is 6.54 Å². The Morgan fingerprint density at radius 3 is 3.08 bits per heavy atom. The van der Waals surface area contributed by atoms with E-state index in [2.05, 4.69) is 15.6 Å². The van der Waals surface area contributed by atoms with Crippen LogP contribution in [0.3, 0.4) is 0 Å². The molecule has 2 rings (SSSR count). The summed E-state index contributed by atoms with van der Waals surface area (Å²) in [5, 5.41) is 5.05. The molecule has 1 saturated heterocycles. The first kappa shape index (κ1) is 8.03. The quantitative estimate of drug-likeness (QED) is 0.539. The summed E-state index contributed by atoms with van der Waals surface area (Å²) in [6.07, 6.45) is 1.10. The van der Waals surface area contributed by atoms with Crippen LogP contribution in [0.5, 0.6) is 0 Å². The predicted molar refractivity (Wildman–Crippen MR) is 45.1 cm³/mol. The van der Waals surface area contributed by atoms with Gasteiger partial charge in [0, 0.05) is 6.54 Å². The van der Waals surface area contributed by atoms with E-state index in [1.807, 2.05) is 6.92 Å². The maximum atomic E-state index is 11.3. The molecule has 0 aromatic heterocycles. The van der Waals surface area contributed by atoms with Crippen LogP contribution in [-0.2, 0) is 4.79 Å². The first-order valence-corrected chi connectivity index (χ1v) is 4.13. The van der Waals surface area contributed by atoms with Crippen molar-refractivity contribution in [1.82, 2.24) is 15.5 Å². The molecule has 0 spiro atoms. The molecule has 6 heteroatoms. The summed E-state index contributed by atoms with van der Waals surface area (Å²) < 4.78 is 0. The van der Waals surface area contributed by atoms with Crippen LogP contribution in [0.1, 0.15) is 6.92 Å². The number of hydrogen-bond acceptors (Lipinski definition) is 4. The van der Waals surface area contributed by atoms with Crippen LogP contribution < -0.4 is 10.6 Å². The van der Waals surface area contributed by atoms with E-state index in [4.69, 9.17) is 0 Å². The lowest BCUT2D eigenvalue weighted by Gasteiger charge is -2.33. The highest BCUT2D eigenvalue weighted by molar-refractivity contribution is 6.01. The Kier molecular flexibility index (Phi) is 1.68. The van der Waals surface area contributed by atoms with Gasteiger partial charge in [0.15, 0.2) is 6.17 Å². The summed E-state index contributed by atoms with van der Waals surface area (Å²) in [4.78, 5) is 28.1. The average Bonchev–Trinajstić information content (AvgIpc) is 2.53. The third kappa shape index (κ3) is 1.06. The molecule has 0 aliphatic carbocycles. The van der Waals surface area contributed by atoms with Crippen LogP contribution in [0.15, 0.2) is 4.99 Å². The molecule has 0 bridgehead atoms. The molecule has 13 heavy (non-hydrogen) atoms. The minimum Gasteiger partial charge on any atom is -0.362 e. The lowest BCUT2D eigenvalue weighted by atomic mass is 10.1. The van der Waals surface area contributed by atoms with Crippen LogP contribution >= 0.6 is 0 Å². The number of imide groups is 1. The topological polar surface area (TPSA) is 73.8 Å². The Morgan fingerprint density at radius 2 is 2.38 bits per heavy atom. The van der Waals surface area contributed by atoms with Gasteiger partial charge in [-0.25, -0.2) is 9.79 Å². The molecule has 70 valence electrons. The van der Waals surface area contributed by atoms with Gasteiger partial charge in [-0.2, -0.15) is 0 Å². The standard InChI is InChI=1S/C7H10N4O2/c1-2-11-5-4(8-3-9-5)6(12)10-7(11)13/h3-5H,2H2,1H3,(H,8,9)(H,10,12,13). The number of likely N-dealkylation sites (N-methyl/N-ethyl adjacent to an activating group) is 1. The highest BCUT2D eigenvalue weighted by atomic mass is 16.2. The van der Waals surface area contributed by atoms with Gasteiger partial charge in [0.25, 0.3) is 5.91 Å². The van der Waals surface area contributed by atoms with Crippen LogP contribution in [0.25, 0.3) is 0 Å². The maximum absolute atomic E-state index is 11.3. The minimum atomic E-state index is -0.419. The van der Waals surface area contributed by atoms with E-state index in [-0.39, 0.29) is 18.1 Å². The summed E-state index contributed by atoms with van der Waals surface area (Å²) in [6, 6.07) is -0.785. The van der Waals surface area contributed by atoms with Gasteiger partial charge < -0.3 is 5.32 Å². The molecule has 0 aromatic rings. The van der Waals surface area contributed by atoms with Crippen LogP contribution in [-0.4, -0.2) is 41.9 Å². The van der Waals surface area contributed by atoms with Gasteiger partial charge in [-0.05, 0) is 6.92 Å². The summed E-state index contributed by atoms with van der Waals surface area (Å²) in [6.45, 7) is 2.39. The first-order chi connectivity index (χ1) is 6.24. The second-order valence-corrected chi connectivity index (χ2v) is 2.92. The highest BCUT2D eigenvalue weighted by Gasteiger charge is 2.42. The molecule has 1 fully saturated rings. The molecule has 2 aliphatic heterocycles. The summed E-state index contributed by atoms with van der Waals surface area (Å²) >= 11 is 0. The van der Waals surface area contributed by atoms with Crippen LogP contribution in [0.4, 0.5) is 4.79 Å². The fourth-order valence-electron chi connectivity index (χ4n) is 1.55. The first-order valence-electron chi connectivity index (χ1n) is 4.13. The van der Waals surface area contributed by atoms with Gasteiger partial charge in [0.2, 0.25) is 0 Å². The molecule has 2 N–H and O–H groups in total. The van der Waals surface area contributed by atoms with Crippen LogP contribution in [0, 0.1) is 0 Å². The maximum Gasteiger partial charge on any atom is 0.325 e. The van der Waals surface area contributed by atoms with Gasteiger partial charge in [0.1, 0.15) is 6.04 Å². The lowest BCUT2D eigenvalue weighted by Crippen LogP contribution is -2.63. The second-order valence-electron chi connectivity index (χ2n) is 2.92. The number of nitrogens with one attached hydrogen (secondary N) is 2. The second kappa shape index (κ2) is 2.72. The lowest BCUT2D eigenvalue weighted by molar-refractivity contribution is -0.124. The molecule has 0 radical (unpaired) electrons. The molecule has 0 saturated carbocycles. The van der Waals surface area contributed by atoms with Crippen molar-refractivity contribution in [3.8, 4) is 0 Å². The number of carbonyl (C=O) groups excluding carboxylic acids is 2. The van der Waals surface area contributed by atoms with Crippen molar-refractivity contribution in [3.63, 3.8) is 0 Å². The molecular weight excluding hydrogens is 172 g/mol. The smallest absolute Gasteiger partial charge is 0.325 e. The number of hydrogen-bond donors (Lipinski definition) is 2. The average molecular weight is 182 g/mol. The Bertz CT molecular complexity index is 288. The van der Waals surface area contributed by atoms with Crippen molar-refractivity contribution in [2.45, 2.75) is 19.1 Å². The Labute approximate surface area is 75.0 Å². The number of aliphatic imine (C=N–C) groups is 1. The summed E-state index contributed by atoms with van der Waals surface area (Å²) in [5.74, 6) is -0.308. The Morgan fingerprint density at radius 1 is 1.62 bits per heavy atom. The third-order valence-corrected chi connectivity index (χ3v) is 2.21. The predicted octanol–water partition coefficient (Wildman–Crippen LogP) is -1.12. The normalized spacial score (nSPS) is 31.3. The zero-order chi connectivity index (χ0) is 9.42. The number of amides is 3. The largest absolute Gasteiger partial charge is 0.362 e. The van der Waals surface area contributed by atoms with Crippen molar-refractivity contribution < 1.29 is 9.59 Å². The van der Waals surface area contributed by atoms with Gasteiger partial charge >= 0.3 is 6.03 Å². The molecule has 2 unspecified atom stereocenters. The molecule has 2 atom stereocenters. The van der Waals surface area contributed by atoms with E-state index >= 15 is 0 Å². The van der Waals surface area contributed by atoms with Gasteiger partial charge in [-0.1, -0.05) is 0 Å².